The molecule has 0 aliphatic carbocycles. The number of amides is 1. The van der Waals surface area contributed by atoms with Gasteiger partial charge in [-0.15, -0.1) is 0 Å². The maximum absolute atomic E-state index is 11.3. The van der Waals surface area contributed by atoms with Crippen LogP contribution in [0.2, 0.25) is 0 Å². The zero-order valence-electron chi connectivity index (χ0n) is 8.16. The van der Waals surface area contributed by atoms with E-state index in [0.717, 1.165) is 4.47 Å². The molecule has 0 fully saturated rings. The van der Waals surface area contributed by atoms with Crippen molar-refractivity contribution in [2.45, 2.75) is 12.8 Å². The summed E-state index contributed by atoms with van der Waals surface area (Å²) in [7, 11) is 0. The summed E-state index contributed by atoms with van der Waals surface area (Å²) >= 11 is 3.26. The molecule has 0 atom stereocenters. The zero-order valence-corrected chi connectivity index (χ0v) is 9.75. The minimum absolute atomic E-state index is 0.0549. The van der Waals surface area contributed by atoms with E-state index >= 15 is 0 Å². The molecule has 0 aliphatic rings. The lowest BCUT2D eigenvalue weighted by Gasteiger charge is -2.07. The summed E-state index contributed by atoms with van der Waals surface area (Å²) in [5.74, 6) is -0.0897. The van der Waals surface area contributed by atoms with Crippen LogP contribution in [-0.2, 0) is 4.79 Å². The predicted octanol–water partition coefficient (Wildman–Crippen LogP) is 1.83. The van der Waals surface area contributed by atoms with Crippen LogP contribution >= 0.6 is 15.9 Å². The Morgan fingerprint density at radius 1 is 1.53 bits per heavy atom. The van der Waals surface area contributed by atoms with Gasteiger partial charge in [-0.25, -0.2) is 0 Å². The fraction of sp³-hybridized carbons (Fsp3) is 0.300. The summed E-state index contributed by atoms with van der Waals surface area (Å²) in [6.45, 7) is 0.484. The smallest absolute Gasteiger partial charge is 0.224 e. The Hall–Kier alpha value is -1.07. The highest BCUT2D eigenvalue weighted by Crippen LogP contribution is 2.26. The highest BCUT2D eigenvalue weighted by molar-refractivity contribution is 9.10. The van der Waals surface area contributed by atoms with Crippen LogP contribution < -0.4 is 11.1 Å². The number of phenolic OH excluding ortho intramolecular Hbond substituents is 1. The average molecular weight is 273 g/mol. The third-order valence-corrected chi connectivity index (χ3v) is 2.33. The average Bonchev–Trinajstić information content (AvgIpc) is 2.20. The SMILES string of the molecule is NCCCC(=O)Nc1cc(Br)ccc1O. The maximum atomic E-state index is 11.3. The molecule has 0 saturated heterocycles. The minimum Gasteiger partial charge on any atom is -0.506 e. The van der Waals surface area contributed by atoms with Gasteiger partial charge in [0.2, 0.25) is 5.91 Å². The number of phenols is 1. The van der Waals surface area contributed by atoms with Crippen LogP contribution in [-0.4, -0.2) is 17.6 Å². The van der Waals surface area contributed by atoms with E-state index in [2.05, 4.69) is 21.2 Å². The molecule has 0 saturated carbocycles. The lowest BCUT2D eigenvalue weighted by molar-refractivity contribution is -0.116. The maximum Gasteiger partial charge on any atom is 0.224 e. The van der Waals surface area contributed by atoms with E-state index in [-0.39, 0.29) is 11.7 Å². The normalized spacial score (nSPS) is 10.0. The number of carbonyl (C=O) groups excluding carboxylic acids is 1. The van der Waals surface area contributed by atoms with Crippen LogP contribution in [0.15, 0.2) is 22.7 Å². The Morgan fingerprint density at radius 3 is 2.93 bits per heavy atom. The van der Waals surface area contributed by atoms with Crippen molar-refractivity contribution in [3.8, 4) is 5.75 Å². The fourth-order valence-electron chi connectivity index (χ4n) is 1.08. The van der Waals surface area contributed by atoms with Crippen LogP contribution in [0, 0.1) is 0 Å². The molecule has 5 heteroatoms. The molecule has 0 spiro atoms. The van der Waals surface area contributed by atoms with Crippen LogP contribution in [0.4, 0.5) is 5.69 Å². The molecule has 15 heavy (non-hydrogen) atoms. The second-order valence-electron chi connectivity index (χ2n) is 3.10. The van der Waals surface area contributed by atoms with Crippen LogP contribution in [0.5, 0.6) is 5.75 Å². The van der Waals surface area contributed by atoms with Gasteiger partial charge in [-0.2, -0.15) is 0 Å². The van der Waals surface area contributed by atoms with Crippen molar-refractivity contribution in [3.63, 3.8) is 0 Å². The molecule has 82 valence electrons. The summed E-state index contributed by atoms with van der Waals surface area (Å²) in [5.41, 5.74) is 5.70. The number of halogens is 1. The molecule has 4 nitrogen and oxygen atoms in total. The summed E-state index contributed by atoms with van der Waals surface area (Å²) in [5, 5.41) is 12.1. The summed E-state index contributed by atoms with van der Waals surface area (Å²) < 4.78 is 0.800. The monoisotopic (exact) mass is 272 g/mol. The molecule has 4 N–H and O–H groups in total. The van der Waals surface area contributed by atoms with E-state index in [1.807, 2.05) is 0 Å². The van der Waals surface area contributed by atoms with E-state index in [1.165, 1.54) is 6.07 Å². The van der Waals surface area contributed by atoms with Gasteiger partial charge in [0.25, 0.3) is 0 Å². The number of hydrogen-bond donors (Lipinski definition) is 3. The first-order valence-corrected chi connectivity index (χ1v) is 5.41. The first-order valence-electron chi connectivity index (χ1n) is 4.62. The van der Waals surface area contributed by atoms with Gasteiger partial charge in [0.15, 0.2) is 0 Å². The van der Waals surface area contributed by atoms with Crippen molar-refractivity contribution in [3.05, 3.63) is 22.7 Å². The number of benzene rings is 1. The lowest BCUT2D eigenvalue weighted by atomic mass is 10.2. The van der Waals surface area contributed by atoms with Gasteiger partial charge in [-0.05, 0) is 31.2 Å². The number of nitrogens with two attached hydrogens (primary N) is 1. The fourth-order valence-corrected chi connectivity index (χ4v) is 1.44. The van der Waals surface area contributed by atoms with Crippen LogP contribution in [0.25, 0.3) is 0 Å². The first kappa shape index (κ1) is 12.0. The number of anilines is 1. The van der Waals surface area contributed by atoms with Crippen LogP contribution in [0.3, 0.4) is 0 Å². The summed E-state index contributed by atoms with van der Waals surface area (Å²) in [4.78, 5) is 11.3. The molecule has 0 unspecified atom stereocenters. The number of hydrogen-bond acceptors (Lipinski definition) is 3. The van der Waals surface area contributed by atoms with Gasteiger partial charge in [0.05, 0.1) is 5.69 Å². The Kier molecular flexibility index (Phi) is 4.58. The number of rotatable bonds is 4. The van der Waals surface area contributed by atoms with Crippen molar-refractivity contribution in [1.29, 1.82) is 0 Å². The molecule has 1 amide bonds. The second kappa shape index (κ2) is 5.72. The lowest BCUT2D eigenvalue weighted by Crippen LogP contribution is -2.13. The van der Waals surface area contributed by atoms with E-state index in [4.69, 9.17) is 5.73 Å². The van der Waals surface area contributed by atoms with E-state index in [9.17, 15) is 9.90 Å². The molecule has 1 rings (SSSR count). The third-order valence-electron chi connectivity index (χ3n) is 1.84. The molecular formula is C10H13BrN2O2. The molecule has 0 bridgehead atoms. The van der Waals surface area contributed by atoms with Crippen LogP contribution in [0.1, 0.15) is 12.8 Å². The Labute approximate surface area is 96.6 Å². The number of nitrogens with one attached hydrogen (secondary N) is 1. The van der Waals surface area contributed by atoms with Gasteiger partial charge >= 0.3 is 0 Å². The van der Waals surface area contributed by atoms with Gasteiger partial charge in [0, 0.05) is 10.9 Å². The molecule has 0 aliphatic heterocycles. The Morgan fingerprint density at radius 2 is 2.27 bits per heavy atom. The number of aromatic hydroxyl groups is 1. The highest BCUT2D eigenvalue weighted by atomic mass is 79.9. The van der Waals surface area contributed by atoms with E-state index in [0.29, 0.717) is 25.1 Å². The second-order valence-corrected chi connectivity index (χ2v) is 4.02. The highest BCUT2D eigenvalue weighted by Gasteiger charge is 2.06. The zero-order chi connectivity index (χ0) is 11.3. The Balaban J connectivity index is 2.63. The molecule has 1 aromatic rings. The topological polar surface area (TPSA) is 75.4 Å². The molecular weight excluding hydrogens is 260 g/mol. The minimum atomic E-state index is -0.145. The van der Waals surface area contributed by atoms with E-state index < -0.39 is 0 Å². The van der Waals surface area contributed by atoms with Gasteiger partial charge in [-0.1, -0.05) is 15.9 Å². The third kappa shape index (κ3) is 3.89. The Bertz CT molecular complexity index is 355. The quantitative estimate of drug-likeness (QED) is 0.732. The molecule has 0 aromatic heterocycles. The van der Waals surface area contributed by atoms with Crippen molar-refractivity contribution in [1.82, 2.24) is 0 Å². The van der Waals surface area contributed by atoms with E-state index in [1.54, 1.807) is 12.1 Å². The first-order chi connectivity index (χ1) is 7.13. The summed E-state index contributed by atoms with van der Waals surface area (Å²) in [6.07, 6.45) is 1.00. The van der Waals surface area contributed by atoms with Crippen molar-refractivity contribution in [2.75, 3.05) is 11.9 Å². The predicted molar refractivity (Wildman–Crippen MR) is 62.7 cm³/mol. The van der Waals surface area contributed by atoms with Crippen molar-refractivity contribution < 1.29 is 9.90 Å². The summed E-state index contributed by atoms with van der Waals surface area (Å²) in [6, 6.07) is 4.86. The molecule has 0 radical (unpaired) electrons. The molecule has 1 aromatic carbocycles. The van der Waals surface area contributed by atoms with Gasteiger partial charge in [-0.3, -0.25) is 4.79 Å². The van der Waals surface area contributed by atoms with Crippen molar-refractivity contribution >= 4 is 27.5 Å². The number of carbonyl (C=O) groups is 1. The van der Waals surface area contributed by atoms with Gasteiger partial charge < -0.3 is 16.2 Å². The largest absolute Gasteiger partial charge is 0.506 e. The van der Waals surface area contributed by atoms with Crippen molar-refractivity contribution in [2.24, 2.45) is 5.73 Å². The van der Waals surface area contributed by atoms with Gasteiger partial charge in [0.1, 0.15) is 5.75 Å². The standard InChI is InChI=1S/C10H13BrN2O2/c11-7-3-4-9(14)8(6-7)13-10(15)2-1-5-12/h3-4,6,14H,1-2,5,12H2,(H,13,15). The molecule has 0 heterocycles.